The fraction of sp³-hybridized carbons (Fsp3) is 0.667. The van der Waals surface area contributed by atoms with Crippen LogP contribution in [-0.4, -0.2) is 15.7 Å². The van der Waals surface area contributed by atoms with Gasteiger partial charge < -0.3 is 5.73 Å². The highest BCUT2D eigenvalue weighted by Gasteiger charge is 2.56. The third kappa shape index (κ3) is 1.32. The van der Waals surface area contributed by atoms with E-state index in [9.17, 15) is 8.78 Å². The lowest BCUT2D eigenvalue weighted by atomic mass is 9.72. The Morgan fingerprint density at radius 2 is 2.21 bits per heavy atom. The van der Waals surface area contributed by atoms with Crippen molar-refractivity contribution in [1.82, 2.24) is 9.78 Å². The Morgan fingerprint density at radius 1 is 1.57 bits per heavy atom. The highest BCUT2D eigenvalue weighted by atomic mass is 19.3. The molecule has 5 heteroatoms. The predicted octanol–water partition coefficient (Wildman–Crippen LogP) is 1.49. The van der Waals surface area contributed by atoms with Crippen molar-refractivity contribution in [3.8, 4) is 0 Å². The Bertz CT molecular complexity index is 338. The number of halogens is 2. The number of alkyl halides is 2. The summed E-state index contributed by atoms with van der Waals surface area (Å²) in [5.74, 6) is -2.60. The van der Waals surface area contributed by atoms with Crippen molar-refractivity contribution in [2.75, 3.05) is 0 Å². The second-order valence-electron chi connectivity index (χ2n) is 3.90. The molecule has 1 saturated carbocycles. The van der Waals surface area contributed by atoms with Crippen LogP contribution in [-0.2, 0) is 12.1 Å². The molecule has 0 aromatic carbocycles. The van der Waals surface area contributed by atoms with Crippen LogP contribution in [0.1, 0.15) is 25.5 Å². The lowest BCUT2D eigenvalue weighted by Crippen LogP contribution is -2.56. The molecule has 2 rings (SSSR count). The zero-order chi connectivity index (χ0) is 10.4. The Labute approximate surface area is 80.9 Å². The minimum absolute atomic E-state index is 0.272. The molecule has 1 fully saturated rings. The average molecular weight is 201 g/mol. The molecule has 0 bridgehead atoms. The van der Waals surface area contributed by atoms with Crippen LogP contribution in [0, 0.1) is 0 Å². The zero-order valence-electron chi connectivity index (χ0n) is 8.00. The molecule has 1 aromatic heterocycles. The number of aromatic nitrogens is 2. The van der Waals surface area contributed by atoms with Crippen molar-refractivity contribution in [3.05, 3.63) is 18.0 Å². The molecule has 1 aliphatic carbocycles. The van der Waals surface area contributed by atoms with E-state index in [1.165, 1.54) is 0 Å². The largest absolute Gasteiger partial charge is 0.320 e. The molecule has 3 nitrogen and oxygen atoms in total. The number of hydrogen-bond donors (Lipinski definition) is 1. The molecule has 1 heterocycles. The summed E-state index contributed by atoms with van der Waals surface area (Å²) in [6, 6.07) is 1.72. The van der Waals surface area contributed by atoms with E-state index in [1.807, 2.05) is 6.92 Å². The first-order valence-corrected chi connectivity index (χ1v) is 4.66. The number of nitrogens with two attached hydrogens (primary N) is 1. The van der Waals surface area contributed by atoms with Gasteiger partial charge >= 0.3 is 0 Å². The SMILES string of the molecule is CCn1nccc1C1(N)CC(F)(F)C1. The van der Waals surface area contributed by atoms with E-state index in [0.717, 1.165) is 0 Å². The van der Waals surface area contributed by atoms with Gasteiger partial charge in [0, 0.05) is 25.6 Å². The summed E-state index contributed by atoms with van der Waals surface area (Å²) >= 11 is 0. The monoisotopic (exact) mass is 201 g/mol. The van der Waals surface area contributed by atoms with Crippen molar-refractivity contribution in [3.63, 3.8) is 0 Å². The molecule has 0 atom stereocenters. The number of hydrogen-bond acceptors (Lipinski definition) is 2. The molecule has 78 valence electrons. The van der Waals surface area contributed by atoms with Gasteiger partial charge in [0.2, 0.25) is 0 Å². The highest BCUT2D eigenvalue weighted by molar-refractivity contribution is 5.21. The fourth-order valence-corrected chi connectivity index (χ4v) is 2.06. The summed E-state index contributed by atoms with van der Waals surface area (Å²) in [5.41, 5.74) is 5.71. The molecule has 0 aliphatic heterocycles. The summed E-state index contributed by atoms with van der Waals surface area (Å²) in [5, 5.41) is 4.02. The van der Waals surface area contributed by atoms with Gasteiger partial charge in [0.1, 0.15) is 0 Å². The predicted molar refractivity (Wildman–Crippen MR) is 47.9 cm³/mol. The fourth-order valence-electron chi connectivity index (χ4n) is 2.06. The van der Waals surface area contributed by atoms with Crippen LogP contribution in [0.25, 0.3) is 0 Å². The van der Waals surface area contributed by atoms with E-state index in [-0.39, 0.29) is 12.8 Å². The Hall–Kier alpha value is -0.970. The first-order valence-electron chi connectivity index (χ1n) is 4.66. The van der Waals surface area contributed by atoms with Gasteiger partial charge in [-0.15, -0.1) is 0 Å². The van der Waals surface area contributed by atoms with E-state index in [1.54, 1.807) is 16.9 Å². The maximum Gasteiger partial charge on any atom is 0.252 e. The standard InChI is InChI=1S/C9H13F2N3/c1-2-14-7(3-4-13-14)8(12)5-9(10,11)6-8/h3-4H,2,5-6,12H2,1H3. The van der Waals surface area contributed by atoms with Crippen LogP contribution in [0.4, 0.5) is 8.78 Å². The van der Waals surface area contributed by atoms with Crippen molar-refractivity contribution < 1.29 is 8.78 Å². The first-order chi connectivity index (χ1) is 6.47. The topological polar surface area (TPSA) is 43.8 Å². The van der Waals surface area contributed by atoms with Gasteiger partial charge in [0.05, 0.1) is 11.2 Å². The van der Waals surface area contributed by atoms with Crippen molar-refractivity contribution in [1.29, 1.82) is 0 Å². The van der Waals surface area contributed by atoms with Gasteiger partial charge in [0.15, 0.2) is 0 Å². The molecular formula is C9H13F2N3. The number of aryl methyl sites for hydroxylation is 1. The quantitative estimate of drug-likeness (QED) is 0.787. The van der Waals surface area contributed by atoms with Crippen molar-refractivity contribution in [2.24, 2.45) is 5.73 Å². The van der Waals surface area contributed by atoms with Gasteiger partial charge in [-0.3, -0.25) is 4.68 Å². The second-order valence-corrected chi connectivity index (χ2v) is 3.90. The summed E-state index contributed by atoms with van der Waals surface area (Å²) < 4.78 is 27.2. The van der Waals surface area contributed by atoms with Gasteiger partial charge in [0.25, 0.3) is 5.92 Å². The van der Waals surface area contributed by atoms with Gasteiger partial charge in [-0.2, -0.15) is 5.10 Å². The highest BCUT2D eigenvalue weighted by Crippen LogP contribution is 2.49. The summed E-state index contributed by atoms with van der Waals surface area (Å²) in [6.07, 6.45) is 1.06. The van der Waals surface area contributed by atoms with E-state index in [0.29, 0.717) is 12.2 Å². The molecular weight excluding hydrogens is 188 g/mol. The van der Waals surface area contributed by atoms with Gasteiger partial charge in [-0.1, -0.05) is 0 Å². The third-order valence-corrected chi connectivity index (χ3v) is 2.67. The van der Waals surface area contributed by atoms with Crippen LogP contribution >= 0.6 is 0 Å². The number of nitrogens with zero attached hydrogens (tertiary/aromatic N) is 2. The smallest absolute Gasteiger partial charge is 0.252 e. The second kappa shape index (κ2) is 2.76. The maximum atomic E-state index is 12.8. The molecule has 0 spiro atoms. The molecule has 1 aliphatic rings. The maximum absolute atomic E-state index is 12.8. The van der Waals surface area contributed by atoms with Gasteiger partial charge in [-0.25, -0.2) is 8.78 Å². The van der Waals surface area contributed by atoms with E-state index < -0.39 is 11.5 Å². The molecule has 0 amide bonds. The molecule has 0 saturated heterocycles. The lowest BCUT2D eigenvalue weighted by Gasteiger charge is -2.44. The molecule has 1 aromatic rings. The lowest BCUT2D eigenvalue weighted by molar-refractivity contribution is -0.127. The van der Waals surface area contributed by atoms with Crippen LogP contribution in [0.5, 0.6) is 0 Å². The van der Waals surface area contributed by atoms with Gasteiger partial charge in [-0.05, 0) is 13.0 Å². The molecule has 0 radical (unpaired) electrons. The normalized spacial score (nSPS) is 23.1. The minimum Gasteiger partial charge on any atom is -0.320 e. The zero-order valence-corrected chi connectivity index (χ0v) is 8.00. The summed E-state index contributed by atoms with van der Waals surface area (Å²) in [4.78, 5) is 0. The van der Waals surface area contributed by atoms with Crippen LogP contribution < -0.4 is 5.73 Å². The Balaban J connectivity index is 2.24. The van der Waals surface area contributed by atoms with Crippen LogP contribution in [0.15, 0.2) is 12.3 Å². The molecule has 0 unspecified atom stereocenters. The van der Waals surface area contributed by atoms with E-state index >= 15 is 0 Å². The number of rotatable bonds is 2. The van der Waals surface area contributed by atoms with E-state index in [2.05, 4.69) is 5.10 Å². The average Bonchev–Trinajstić information content (AvgIpc) is 2.47. The Kier molecular flexibility index (Phi) is 1.89. The van der Waals surface area contributed by atoms with E-state index in [4.69, 9.17) is 5.73 Å². The third-order valence-electron chi connectivity index (χ3n) is 2.67. The summed E-state index contributed by atoms with van der Waals surface area (Å²) in [7, 11) is 0. The molecule has 2 N–H and O–H groups in total. The van der Waals surface area contributed by atoms with Crippen molar-refractivity contribution in [2.45, 2.75) is 37.8 Å². The molecule has 14 heavy (non-hydrogen) atoms. The van der Waals surface area contributed by atoms with Crippen LogP contribution in [0.2, 0.25) is 0 Å². The first kappa shape index (κ1) is 9.58. The van der Waals surface area contributed by atoms with Crippen molar-refractivity contribution >= 4 is 0 Å². The summed E-state index contributed by atoms with van der Waals surface area (Å²) in [6.45, 7) is 2.57. The Morgan fingerprint density at radius 3 is 2.71 bits per heavy atom. The van der Waals surface area contributed by atoms with Crippen LogP contribution in [0.3, 0.4) is 0 Å². The minimum atomic E-state index is -2.60.